The topological polar surface area (TPSA) is 35.6 Å². The maximum Gasteiger partial charge on any atom is 0.0973 e. The number of aromatic nitrogens is 4. The van der Waals surface area contributed by atoms with Gasteiger partial charge >= 0.3 is 0 Å². The van der Waals surface area contributed by atoms with E-state index in [0.29, 0.717) is 0 Å². The second-order valence-corrected chi connectivity index (χ2v) is 13.8. The fraction of sp³-hybridized carbons (Fsp3) is 0. The van der Waals surface area contributed by atoms with Gasteiger partial charge in [-0.15, -0.1) is 0 Å². The van der Waals surface area contributed by atoms with Crippen molar-refractivity contribution in [3.63, 3.8) is 0 Å². The fourth-order valence-electron chi connectivity index (χ4n) is 8.21. The molecule has 4 heteroatoms. The zero-order valence-corrected chi connectivity index (χ0v) is 29.3. The van der Waals surface area contributed by atoms with Gasteiger partial charge in [-0.1, -0.05) is 121 Å². The van der Waals surface area contributed by atoms with E-state index in [-0.39, 0.29) is 0 Å². The Kier molecular flexibility index (Phi) is 6.82. The molecular formula is C50H32N4. The maximum atomic E-state index is 5.13. The highest BCUT2D eigenvalue weighted by molar-refractivity contribution is 6.12. The summed E-state index contributed by atoms with van der Waals surface area (Å²) in [6.07, 6.45) is 0. The van der Waals surface area contributed by atoms with Gasteiger partial charge in [0, 0.05) is 44.0 Å². The summed E-state index contributed by atoms with van der Waals surface area (Å²) in [6, 6.07) is 69.0. The Hall–Kier alpha value is -7.30. The Labute approximate surface area is 311 Å². The van der Waals surface area contributed by atoms with Crippen LogP contribution in [0.15, 0.2) is 194 Å². The van der Waals surface area contributed by atoms with Gasteiger partial charge in [0.2, 0.25) is 0 Å². The van der Waals surface area contributed by atoms with Gasteiger partial charge in [0.05, 0.1) is 44.5 Å². The number of fused-ring (bicyclic) bond motifs is 7. The third kappa shape index (κ3) is 4.78. The van der Waals surface area contributed by atoms with Crippen LogP contribution in [-0.2, 0) is 0 Å². The molecule has 11 aromatic rings. The highest BCUT2D eigenvalue weighted by Crippen LogP contribution is 2.39. The third-order valence-corrected chi connectivity index (χ3v) is 10.7. The highest BCUT2D eigenvalue weighted by Gasteiger charge is 2.17. The first kappa shape index (κ1) is 30.3. The van der Waals surface area contributed by atoms with Gasteiger partial charge < -0.3 is 9.13 Å². The Balaban J connectivity index is 1.03. The van der Waals surface area contributed by atoms with Crippen molar-refractivity contribution in [2.24, 2.45) is 0 Å². The van der Waals surface area contributed by atoms with Crippen molar-refractivity contribution in [3.8, 4) is 45.0 Å². The number of nitrogens with zero attached hydrogens (tertiary/aromatic N) is 4. The number of para-hydroxylation sites is 5. The molecule has 0 saturated carbocycles. The van der Waals surface area contributed by atoms with Crippen LogP contribution < -0.4 is 0 Å². The Morgan fingerprint density at radius 1 is 0.278 bits per heavy atom. The van der Waals surface area contributed by atoms with Crippen LogP contribution in [0, 0.1) is 0 Å². The molecule has 0 amide bonds. The number of hydrogen-bond donors (Lipinski definition) is 0. The minimum atomic E-state index is 0.877. The molecule has 0 radical (unpaired) electrons. The van der Waals surface area contributed by atoms with Gasteiger partial charge in [-0.2, -0.15) is 0 Å². The van der Waals surface area contributed by atoms with Crippen LogP contribution in [0.3, 0.4) is 0 Å². The molecular weight excluding hydrogens is 657 g/mol. The van der Waals surface area contributed by atoms with E-state index in [0.717, 1.165) is 39.2 Å². The van der Waals surface area contributed by atoms with Gasteiger partial charge in [0.25, 0.3) is 0 Å². The Morgan fingerprint density at radius 3 is 1.20 bits per heavy atom. The highest BCUT2D eigenvalue weighted by atomic mass is 15.0. The molecule has 8 aromatic carbocycles. The van der Waals surface area contributed by atoms with Crippen molar-refractivity contribution >= 4 is 54.6 Å². The van der Waals surface area contributed by atoms with Crippen LogP contribution in [0.25, 0.3) is 99.7 Å². The minimum Gasteiger partial charge on any atom is -0.309 e. The standard InChI is InChI=1S/C50H32N4/c1-3-13-33(14-4-1)49-50(52-44-20-10-9-19-43(44)51-49)34-23-27-38(28-24-34)54-46-22-12-8-18-40(46)42-32-36(26-30-48(42)54)35-25-29-47-41(31-35)39-17-7-11-21-45(39)53(47)37-15-5-2-6-16-37/h1-32H. The van der Waals surface area contributed by atoms with Crippen molar-refractivity contribution in [1.82, 2.24) is 19.1 Å². The molecule has 11 rings (SSSR count). The molecule has 0 aliphatic heterocycles. The van der Waals surface area contributed by atoms with Crippen molar-refractivity contribution in [2.75, 3.05) is 0 Å². The van der Waals surface area contributed by atoms with Gasteiger partial charge in [-0.3, -0.25) is 0 Å². The van der Waals surface area contributed by atoms with Gasteiger partial charge in [0.1, 0.15) is 0 Å². The van der Waals surface area contributed by atoms with Crippen molar-refractivity contribution in [1.29, 1.82) is 0 Å². The summed E-state index contributed by atoms with van der Waals surface area (Å²) in [4.78, 5) is 10.2. The van der Waals surface area contributed by atoms with Crippen LogP contribution in [-0.4, -0.2) is 19.1 Å². The van der Waals surface area contributed by atoms with Gasteiger partial charge in [-0.25, -0.2) is 9.97 Å². The summed E-state index contributed by atoms with van der Waals surface area (Å²) < 4.78 is 4.74. The molecule has 252 valence electrons. The van der Waals surface area contributed by atoms with Crippen LogP contribution in [0.1, 0.15) is 0 Å². The lowest BCUT2D eigenvalue weighted by molar-refractivity contribution is 1.18. The molecule has 0 fully saturated rings. The molecule has 0 atom stereocenters. The number of benzene rings is 8. The zero-order chi connectivity index (χ0) is 35.6. The lowest BCUT2D eigenvalue weighted by Crippen LogP contribution is -1.97. The molecule has 0 N–H and O–H groups in total. The fourth-order valence-corrected chi connectivity index (χ4v) is 8.21. The predicted molar refractivity (Wildman–Crippen MR) is 225 cm³/mol. The molecule has 54 heavy (non-hydrogen) atoms. The third-order valence-electron chi connectivity index (χ3n) is 10.7. The van der Waals surface area contributed by atoms with Crippen LogP contribution >= 0.6 is 0 Å². The lowest BCUT2D eigenvalue weighted by Gasteiger charge is -2.12. The largest absolute Gasteiger partial charge is 0.309 e. The molecule has 0 saturated heterocycles. The normalized spacial score (nSPS) is 11.7. The van der Waals surface area contributed by atoms with E-state index in [1.54, 1.807) is 0 Å². The van der Waals surface area contributed by atoms with E-state index in [4.69, 9.17) is 9.97 Å². The summed E-state index contributed by atoms with van der Waals surface area (Å²) in [6.45, 7) is 0. The molecule has 0 aliphatic carbocycles. The Bertz CT molecular complexity index is 3190. The second kappa shape index (κ2) is 12.1. The summed E-state index contributed by atoms with van der Waals surface area (Å²) in [5, 5.41) is 4.96. The first-order valence-corrected chi connectivity index (χ1v) is 18.3. The molecule has 3 aromatic heterocycles. The van der Waals surface area contributed by atoms with Gasteiger partial charge in [-0.05, 0) is 83.9 Å². The van der Waals surface area contributed by atoms with E-state index >= 15 is 0 Å². The summed E-state index contributed by atoms with van der Waals surface area (Å²) in [5.41, 5.74) is 15.0. The van der Waals surface area contributed by atoms with Crippen LogP contribution in [0.2, 0.25) is 0 Å². The monoisotopic (exact) mass is 688 g/mol. The molecule has 0 bridgehead atoms. The van der Waals surface area contributed by atoms with E-state index in [2.05, 4.69) is 173 Å². The second-order valence-electron chi connectivity index (χ2n) is 13.8. The molecule has 3 heterocycles. The average molecular weight is 689 g/mol. The summed E-state index contributed by atoms with van der Waals surface area (Å²) >= 11 is 0. The van der Waals surface area contributed by atoms with Crippen molar-refractivity contribution in [2.45, 2.75) is 0 Å². The van der Waals surface area contributed by atoms with Crippen molar-refractivity contribution < 1.29 is 0 Å². The first-order chi connectivity index (χ1) is 26.8. The summed E-state index contributed by atoms with van der Waals surface area (Å²) in [5.74, 6) is 0. The lowest BCUT2D eigenvalue weighted by atomic mass is 10.0. The Morgan fingerprint density at radius 2 is 0.667 bits per heavy atom. The smallest absolute Gasteiger partial charge is 0.0973 e. The van der Waals surface area contributed by atoms with E-state index in [1.165, 1.54) is 60.4 Å². The van der Waals surface area contributed by atoms with Crippen LogP contribution in [0.5, 0.6) is 0 Å². The van der Waals surface area contributed by atoms with Crippen LogP contribution in [0.4, 0.5) is 0 Å². The molecule has 0 spiro atoms. The zero-order valence-electron chi connectivity index (χ0n) is 29.3. The molecule has 0 unspecified atom stereocenters. The number of rotatable bonds is 5. The SMILES string of the molecule is c1ccc(-c2nc3ccccc3nc2-c2ccc(-n3c4ccccc4c4cc(-c5ccc6c(c5)c5ccccc5n6-c5ccccc5)ccc43)cc2)cc1. The van der Waals surface area contributed by atoms with E-state index in [1.807, 2.05) is 30.3 Å². The quantitative estimate of drug-likeness (QED) is 0.180. The average Bonchev–Trinajstić information content (AvgIpc) is 3.76. The molecule has 0 aliphatic rings. The minimum absolute atomic E-state index is 0.877. The first-order valence-electron chi connectivity index (χ1n) is 18.3. The van der Waals surface area contributed by atoms with Crippen molar-refractivity contribution in [3.05, 3.63) is 194 Å². The maximum absolute atomic E-state index is 5.13. The van der Waals surface area contributed by atoms with E-state index < -0.39 is 0 Å². The summed E-state index contributed by atoms with van der Waals surface area (Å²) in [7, 11) is 0. The molecule has 4 nitrogen and oxygen atoms in total. The predicted octanol–water partition coefficient (Wildman–Crippen LogP) is 12.8. The van der Waals surface area contributed by atoms with Gasteiger partial charge in [0.15, 0.2) is 0 Å². The van der Waals surface area contributed by atoms with E-state index in [9.17, 15) is 0 Å². The number of hydrogen-bond acceptors (Lipinski definition) is 2.